The second-order valence-corrected chi connectivity index (χ2v) is 3.34. The van der Waals surface area contributed by atoms with Crippen LogP contribution in [0.15, 0.2) is 5.16 Å². The molecule has 0 heterocycles. The molecule has 0 saturated carbocycles. The average molecular weight is 157 g/mol. The molecule has 66 valence electrons. The Labute approximate surface area is 69.6 Å². The van der Waals surface area contributed by atoms with Gasteiger partial charge < -0.3 is 4.84 Å². The first-order valence-corrected chi connectivity index (χ1v) is 4.22. The van der Waals surface area contributed by atoms with Gasteiger partial charge in [-0.15, -0.1) is 5.16 Å². The predicted octanol–water partition coefficient (Wildman–Crippen LogP) is 2.83. The first-order chi connectivity index (χ1) is 5.08. The van der Waals surface area contributed by atoms with Crippen molar-refractivity contribution in [1.82, 2.24) is 0 Å². The van der Waals surface area contributed by atoms with Crippen LogP contribution in [-0.2, 0) is 4.84 Å². The van der Waals surface area contributed by atoms with Gasteiger partial charge in [-0.05, 0) is 26.7 Å². The number of hydrogen-bond donors (Lipinski definition) is 0. The first kappa shape index (κ1) is 10.5. The molecule has 11 heavy (non-hydrogen) atoms. The molecule has 0 spiro atoms. The summed E-state index contributed by atoms with van der Waals surface area (Å²) < 4.78 is 0. The van der Waals surface area contributed by atoms with Crippen LogP contribution in [0.3, 0.4) is 0 Å². The van der Waals surface area contributed by atoms with Gasteiger partial charge in [-0.2, -0.15) is 0 Å². The summed E-state index contributed by atoms with van der Waals surface area (Å²) in [6.07, 6.45) is 2.25. The summed E-state index contributed by atoms with van der Waals surface area (Å²) >= 11 is 0. The maximum atomic E-state index is 5.19. The van der Waals surface area contributed by atoms with E-state index in [1.807, 2.05) is 0 Å². The van der Waals surface area contributed by atoms with Crippen molar-refractivity contribution in [2.24, 2.45) is 11.1 Å². The van der Waals surface area contributed by atoms with Crippen LogP contribution < -0.4 is 0 Å². The van der Waals surface area contributed by atoms with E-state index < -0.39 is 0 Å². The van der Waals surface area contributed by atoms with Crippen molar-refractivity contribution < 1.29 is 4.84 Å². The van der Waals surface area contributed by atoms with Crippen LogP contribution in [0, 0.1) is 5.92 Å². The Morgan fingerprint density at radius 2 is 1.82 bits per heavy atom. The zero-order valence-electron chi connectivity index (χ0n) is 8.05. The van der Waals surface area contributed by atoms with Crippen molar-refractivity contribution in [1.29, 1.82) is 0 Å². The third-order valence-electron chi connectivity index (χ3n) is 2.27. The fraction of sp³-hybridized carbons (Fsp3) is 0.889. The summed E-state index contributed by atoms with van der Waals surface area (Å²) in [5, 5.41) is 3.47. The summed E-state index contributed by atoms with van der Waals surface area (Å²) in [7, 11) is 0. The third kappa shape index (κ3) is 2.91. The normalized spacial score (nSPS) is 11.7. The van der Waals surface area contributed by atoms with Crippen LogP contribution >= 0.6 is 0 Å². The van der Waals surface area contributed by atoms with Gasteiger partial charge >= 0.3 is 0 Å². The summed E-state index contributed by atoms with van der Waals surface area (Å²) in [5.41, 5.74) is -0.161. The molecule has 0 aliphatic carbocycles. The molecular weight excluding hydrogens is 138 g/mol. The Balaban J connectivity index is 4.10. The Bertz CT molecular complexity index is 117. The predicted molar refractivity (Wildman–Crippen MR) is 48.8 cm³/mol. The van der Waals surface area contributed by atoms with Crippen molar-refractivity contribution in [3.8, 4) is 0 Å². The summed E-state index contributed by atoms with van der Waals surface area (Å²) in [6.45, 7) is 11.8. The van der Waals surface area contributed by atoms with E-state index in [1.165, 1.54) is 0 Å². The van der Waals surface area contributed by atoms with Gasteiger partial charge in [0.1, 0.15) is 5.60 Å². The lowest BCUT2D eigenvalue weighted by Gasteiger charge is -2.30. The first-order valence-electron chi connectivity index (χ1n) is 4.22. The fourth-order valence-electron chi connectivity index (χ4n) is 1.51. The maximum Gasteiger partial charge on any atom is 0.134 e. The molecule has 0 amide bonds. The molecule has 0 N–H and O–H groups in total. The minimum Gasteiger partial charge on any atom is -0.390 e. The van der Waals surface area contributed by atoms with Crippen LogP contribution in [0.2, 0.25) is 0 Å². The molecule has 0 fully saturated rings. The SMILES string of the molecule is C=NOC(C)(C)C(CC)CC. The Morgan fingerprint density at radius 1 is 1.36 bits per heavy atom. The van der Waals surface area contributed by atoms with Crippen LogP contribution in [0.1, 0.15) is 40.5 Å². The van der Waals surface area contributed by atoms with E-state index in [2.05, 4.69) is 39.6 Å². The van der Waals surface area contributed by atoms with Crippen LogP contribution in [0.4, 0.5) is 0 Å². The molecular formula is C9H19NO. The molecule has 0 aromatic carbocycles. The van der Waals surface area contributed by atoms with Crippen LogP contribution in [0.5, 0.6) is 0 Å². The molecule has 0 aliphatic rings. The van der Waals surface area contributed by atoms with Gasteiger partial charge in [0.25, 0.3) is 0 Å². The Kier molecular flexibility index (Phi) is 4.16. The van der Waals surface area contributed by atoms with Gasteiger partial charge in [-0.3, -0.25) is 0 Å². The average Bonchev–Trinajstić information content (AvgIpc) is 1.89. The van der Waals surface area contributed by atoms with E-state index in [0.29, 0.717) is 5.92 Å². The van der Waals surface area contributed by atoms with Crippen molar-refractivity contribution in [2.45, 2.75) is 46.1 Å². The molecule has 0 rings (SSSR count). The number of rotatable bonds is 5. The van der Waals surface area contributed by atoms with Crippen LogP contribution in [-0.4, -0.2) is 12.3 Å². The molecule has 0 unspecified atom stereocenters. The molecule has 0 saturated heterocycles. The largest absolute Gasteiger partial charge is 0.390 e. The van der Waals surface area contributed by atoms with E-state index >= 15 is 0 Å². The van der Waals surface area contributed by atoms with Crippen molar-refractivity contribution >= 4 is 6.72 Å². The number of hydrogen-bond acceptors (Lipinski definition) is 2. The highest BCUT2D eigenvalue weighted by Gasteiger charge is 2.28. The number of nitrogens with zero attached hydrogens (tertiary/aromatic N) is 1. The maximum absolute atomic E-state index is 5.19. The van der Waals surface area contributed by atoms with Gasteiger partial charge in [0.05, 0.1) is 0 Å². The zero-order chi connectivity index (χ0) is 8.91. The quantitative estimate of drug-likeness (QED) is 0.444. The van der Waals surface area contributed by atoms with E-state index in [4.69, 9.17) is 4.84 Å². The summed E-state index contributed by atoms with van der Waals surface area (Å²) in [4.78, 5) is 5.19. The molecule has 2 nitrogen and oxygen atoms in total. The fourth-order valence-corrected chi connectivity index (χ4v) is 1.51. The van der Waals surface area contributed by atoms with Crippen molar-refractivity contribution in [3.63, 3.8) is 0 Å². The van der Waals surface area contributed by atoms with E-state index in [0.717, 1.165) is 12.8 Å². The molecule has 0 aromatic heterocycles. The lowest BCUT2D eigenvalue weighted by Crippen LogP contribution is -2.32. The Hall–Kier alpha value is -0.530. The molecule has 0 atom stereocenters. The monoisotopic (exact) mass is 157 g/mol. The third-order valence-corrected chi connectivity index (χ3v) is 2.27. The van der Waals surface area contributed by atoms with Gasteiger partial charge in [0.15, 0.2) is 0 Å². The standard InChI is InChI=1S/C9H19NO/c1-6-8(7-2)9(3,4)11-10-5/h8H,5-7H2,1-4H3. The lowest BCUT2D eigenvalue weighted by atomic mass is 9.87. The topological polar surface area (TPSA) is 21.6 Å². The van der Waals surface area contributed by atoms with Gasteiger partial charge in [-0.1, -0.05) is 13.8 Å². The van der Waals surface area contributed by atoms with Crippen molar-refractivity contribution in [3.05, 3.63) is 0 Å². The minimum absolute atomic E-state index is 0.161. The second kappa shape index (κ2) is 4.37. The Morgan fingerprint density at radius 3 is 2.09 bits per heavy atom. The van der Waals surface area contributed by atoms with Gasteiger partial charge in [0, 0.05) is 12.6 Å². The van der Waals surface area contributed by atoms with Crippen molar-refractivity contribution in [2.75, 3.05) is 0 Å². The number of oxime groups is 1. The van der Waals surface area contributed by atoms with E-state index in [-0.39, 0.29) is 5.60 Å². The summed E-state index contributed by atoms with van der Waals surface area (Å²) in [5.74, 6) is 0.563. The van der Waals surface area contributed by atoms with Crippen LogP contribution in [0.25, 0.3) is 0 Å². The summed E-state index contributed by atoms with van der Waals surface area (Å²) in [6, 6.07) is 0. The molecule has 0 aliphatic heterocycles. The highest BCUT2D eigenvalue weighted by molar-refractivity contribution is 5.21. The molecule has 0 bridgehead atoms. The second-order valence-electron chi connectivity index (χ2n) is 3.34. The van der Waals surface area contributed by atoms with Gasteiger partial charge in [0.2, 0.25) is 0 Å². The lowest BCUT2D eigenvalue weighted by molar-refractivity contribution is -0.0592. The molecule has 2 heteroatoms. The van der Waals surface area contributed by atoms with Gasteiger partial charge in [-0.25, -0.2) is 0 Å². The molecule has 0 radical (unpaired) electrons. The molecule has 0 aromatic rings. The highest BCUT2D eigenvalue weighted by Crippen LogP contribution is 2.26. The highest BCUT2D eigenvalue weighted by atomic mass is 16.6. The zero-order valence-corrected chi connectivity index (χ0v) is 8.05. The smallest absolute Gasteiger partial charge is 0.134 e. The van der Waals surface area contributed by atoms with E-state index in [9.17, 15) is 0 Å². The van der Waals surface area contributed by atoms with E-state index in [1.54, 1.807) is 0 Å². The minimum atomic E-state index is -0.161.